The highest BCUT2D eigenvalue weighted by molar-refractivity contribution is 7.52. The largest absolute Gasteiger partial charge is 0.462 e. The van der Waals surface area contributed by atoms with Gasteiger partial charge in [0, 0.05) is 6.00 Å². The summed E-state index contributed by atoms with van der Waals surface area (Å²) in [6.45, 7) is 6.08. The summed E-state index contributed by atoms with van der Waals surface area (Å²) < 4.78 is 34.8. The number of aliphatic hydroxyl groups is 1. The molecule has 1 heterocycles. The Hall–Kier alpha value is -1.09. The molecule has 2 rings (SSSR count). The summed E-state index contributed by atoms with van der Waals surface area (Å²) in [7, 11) is 1.72. The summed E-state index contributed by atoms with van der Waals surface area (Å²) in [5.41, 5.74) is 0. The molecule has 6 atom stereocenters. The fourth-order valence-corrected chi connectivity index (χ4v) is 4.26. The lowest BCUT2D eigenvalue weighted by Gasteiger charge is -2.26. The zero-order valence-corrected chi connectivity index (χ0v) is 18.4. The zero-order chi connectivity index (χ0) is 21.8. The van der Waals surface area contributed by atoms with Crippen molar-refractivity contribution in [1.29, 1.82) is 0 Å². The third-order valence-electron chi connectivity index (χ3n) is 4.24. The Labute approximate surface area is 177 Å². The van der Waals surface area contributed by atoms with Crippen LogP contribution in [0, 0.1) is 0 Å². The van der Waals surface area contributed by atoms with Gasteiger partial charge in [-0.1, -0.05) is 18.2 Å². The molecule has 1 saturated heterocycles. The highest BCUT2D eigenvalue weighted by atomic mass is 35.5. The van der Waals surface area contributed by atoms with Gasteiger partial charge in [-0.25, -0.2) is 4.57 Å². The molecule has 0 bridgehead atoms. The quantitative estimate of drug-likeness (QED) is 0.258. The maximum atomic E-state index is 13.3. The van der Waals surface area contributed by atoms with Gasteiger partial charge in [-0.3, -0.25) is 9.32 Å². The number of benzene rings is 1. The Morgan fingerprint density at radius 2 is 2.00 bits per heavy atom. The summed E-state index contributed by atoms with van der Waals surface area (Å²) in [5.74, 6) is -0.354. The van der Waals surface area contributed by atoms with Gasteiger partial charge in [-0.15, -0.1) is 11.6 Å². The minimum atomic E-state index is -4.06. The van der Waals surface area contributed by atoms with E-state index < -0.39 is 42.8 Å². The lowest BCUT2D eigenvalue weighted by Crippen LogP contribution is -2.41. The van der Waals surface area contributed by atoms with Gasteiger partial charge in [-0.05, 0) is 39.8 Å². The van der Waals surface area contributed by atoms with Crippen molar-refractivity contribution in [2.45, 2.75) is 62.9 Å². The molecule has 8 nitrogen and oxygen atoms in total. The summed E-state index contributed by atoms with van der Waals surface area (Å²) in [6.07, 6.45) is -2.43. The van der Waals surface area contributed by atoms with E-state index in [1.165, 1.54) is 13.8 Å². The molecule has 1 fully saturated rings. The molecule has 0 aliphatic carbocycles. The van der Waals surface area contributed by atoms with E-state index in [9.17, 15) is 14.5 Å². The number of esters is 1. The number of nitrogens with one attached hydrogen (secondary N) is 1. The second-order valence-corrected chi connectivity index (χ2v) is 9.73. The zero-order valence-electron chi connectivity index (χ0n) is 16.8. The van der Waals surface area contributed by atoms with Crippen LogP contribution in [0.25, 0.3) is 0 Å². The summed E-state index contributed by atoms with van der Waals surface area (Å²) in [6, 6.07) is 6.40. The van der Waals surface area contributed by atoms with Crippen LogP contribution in [0.1, 0.15) is 27.7 Å². The maximum absolute atomic E-state index is 13.3. The molecule has 1 unspecified atom stereocenters. The van der Waals surface area contributed by atoms with Crippen molar-refractivity contribution < 1.29 is 33.0 Å². The molecule has 1 aliphatic rings. The van der Waals surface area contributed by atoms with Crippen molar-refractivity contribution in [3.63, 3.8) is 0 Å². The van der Waals surface area contributed by atoms with Gasteiger partial charge in [0.2, 0.25) is 0 Å². The molecule has 2 radical (unpaired) electrons. The first-order valence-electron chi connectivity index (χ1n) is 9.20. The number of aliphatic hydroxyl groups excluding tert-OH is 1. The van der Waals surface area contributed by atoms with E-state index in [1.54, 1.807) is 44.2 Å². The predicted octanol–water partition coefficient (Wildman–Crippen LogP) is 2.37. The molecule has 0 amide bonds. The Bertz CT molecular complexity index is 736. The number of hydrogen-bond acceptors (Lipinski definition) is 7. The first-order chi connectivity index (χ1) is 13.4. The third kappa shape index (κ3) is 6.44. The van der Waals surface area contributed by atoms with Crippen LogP contribution in [0.4, 0.5) is 0 Å². The smallest absolute Gasteiger partial charge is 0.459 e. The molecular weight excluding hydrogens is 419 g/mol. The Kier molecular flexibility index (Phi) is 8.19. The Balaban J connectivity index is 2.12. The highest BCUT2D eigenvalue weighted by Crippen LogP contribution is 2.46. The minimum Gasteiger partial charge on any atom is -0.462 e. The molecule has 0 saturated carbocycles. The average Bonchev–Trinajstić information content (AvgIpc) is 2.83. The van der Waals surface area contributed by atoms with Crippen LogP contribution in [-0.2, 0) is 23.4 Å². The fourth-order valence-electron chi connectivity index (χ4n) is 2.56. The van der Waals surface area contributed by atoms with Gasteiger partial charge >= 0.3 is 13.7 Å². The monoisotopic (exact) mass is 445 g/mol. The average molecular weight is 446 g/mol. The van der Waals surface area contributed by atoms with Crippen molar-refractivity contribution in [3.8, 4) is 5.75 Å². The summed E-state index contributed by atoms with van der Waals surface area (Å²) in [5, 5.41) is 12.9. The van der Waals surface area contributed by atoms with Crippen LogP contribution >= 0.6 is 19.3 Å². The second kappa shape index (κ2) is 9.81. The summed E-state index contributed by atoms with van der Waals surface area (Å²) >= 11 is 6.18. The standard InChI is InChI=1S/C18H26BClNO7P/c1-11(2)26-16(23)12(3)21-29(24,28-13-8-6-5-7-9-13)25-10-14-15(22)18(4,20)17(19)27-14/h5-9,11-12,14-15,17,22H,10H2,1-4H3,(H,21,24)/t12-,14-,15-,17-,18-,29?/m1/s1. The van der Waals surface area contributed by atoms with Crippen LogP contribution in [0.15, 0.2) is 30.3 Å². The van der Waals surface area contributed by atoms with Crippen molar-refractivity contribution in [2.24, 2.45) is 0 Å². The predicted molar refractivity (Wildman–Crippen MR) is 109 cm³/mol. The Morgan fingerprint density at radius 3 is 2.52 bits per heavy atom. The van der Waals surface area contributed by atoms with E-state index in [2.05, 4.69) is 5.09 Å². The van der Waals surface area contributed by atoms with Gasteiger partial charge < -0.3 is 19.1 Å². The van der Waals surface area contributed by atoms with E-state index in [0.717, 1.165) is 0 Å². The number of ether oxygens (including phenoxy) is 2. The molecule has 0 aromatic heterocycles. The first kappa shape index (κ1) is 24.2. The molecule has 11 heteroatoms. The Morgan fingerprint density at radius 1 is 1.38 bits per heavy atom. The number of carbonyl (C=O) groups excluding carboxylic acids is 1. The number of para-hydroxylation sites is 1. The van der Waals surface area contributed by atoms with Crippen LogP contribution in [-0.4, -0.2) is 60.8 Å². The number of alkyl halides is 1. The topological polar surface area (TPSA) is 103 Å². The van der Waals surface area contributed by atoms with Gasteiger partial charge in [0.1, 0.15) is 31.8 Å². The van der Waals surface area contributed by atoms with Crippen LogP contribution in [0.2, 0.25) is 0 Å². The summed E-state index contributed by atoms with van der Waals surface area (Å²) in [4.78, 5) is 10.9. The van der Waals surface area contributed by atoms with Gasteiger partial charge in [0.25, 0.3) is 0 Å². The van der Waals surface area contributed by atoms with Crippen LogP contribution in [0.3, 0.4) is 0 Å². The molecule has 2 N–H and O–H groups in total. The number of rotatable bonds is 9. The molecule has 1 aromatic rings. The van der Waals surface area contributed by atoms with E-state index in [4.69, 9.17) is 38.0 Å². The third-order valence-corrected chi connectivity index (χ3v) is 6.33. The van der Waals surface area contributed by atoms with Crippen LogP contribution < -0.4 is 9.61 Å². The van der Waals surface area contributed by atoms with Gasteiger partial charge in [-0.2, -0.15) is 5.09 Å². The van der Waals surface area contributed by atoms with Gasteiger partial charge in [0.15, 0.2) is 0 Å². The molecule has 29 heavy (non-hydrogen) atoms. The molecule has 160 valence electrons. The lowest BCUT2D eigenvalue weighted by atomic mass is 9.85. The van der Waals surface area contributed by atoms with Crippen molar-refractivity contribution in [2.75, 3.05) is 6.61 Å². The van der Waals surface area contributed by atoms with E-state index in [-0.39, 0.29) is 18.5 Å². The fraction of sp³-hybridized carbons (Fsp3) is 0.611. The minimum absolute atomic E-state index is 0.263. The SMILES string of the molecule is [B][C@@H]1O[C@H](COP(=O)(N[C@H](C)C(=O)OC(C)C)Oc2ccccc2)[C@@H](O)[C@@]1(C)Cl. The number of hydrogen-bond donors (Lipinski definition) is 2. The highest BCUT2D eigenvalue weighted by Gasteiger charge is 2.50. The molecule has 1 aromatic carbocycles. The number of halogens is 1. The van der Waals surface area contributed by atoms with Crippen LogP contribution in [0.5, 0.6) is 5.75 Å². The van der Waals surface area contributed by atoms with Crippen molar-refractivity contribution in [1.82, 2.24) is 5.09 Å². The normalized spacial score (nSPS) is 30.0. The molecule has 0 spiro atoms. The van der Waals surface area contributed by atoms with Crippen molar-refractivity contribution in [3.05, 3.63) is 30.3 Å². The molecule has 1 aliphatic heterocycles. The van der Waals surface area contributed by atoms with E-state index >= 15 is 0 Å². The lowest BCUT2D eigenvalue weighted by molar-refractivity contribution is -0.149. The maximum Gasteiger partial charge on any atom is 0.459 e. The van der Waals surface area contributed by atoms with E-state index in [1.807, 2.05) is 0 Å². The first-order valence-corrected chi connectivity index (χ1v) is 11.1. The number of carbonyl (C=O) groups is 1. The second-order valence-electron chi connectivity index (χ2n) is 7.23. The van der Waals surface area contributed by atoms with Gasteiger partial charge in [0.05, 0.1) is 17.6 Å². The van der Waals surface area contributed by atoms with Crippen molar-refractivity contribution >= 4 is 33.2 Å². The molecular formula is C18H26BClNO7P. The van der Waals surface area contributed by atoms with E-state index in [0.29, 0.717) is 0 Å².